The van der Waals surface area contributed by atoms with Crippen molar-refractivity contribution in [1.29, 1.82) is 0 Å². The predicted molar refractivity (Wildman–Crippen MR) is 155 cm³/mol. The lowest BCUT2D eigenvalue weighted by atomic mass is 9.94. The lowest BCUT2D eigenvalue weighted by Crippen LogP contribution is -2.43. The third kappa shape index (κ3) is 5.73. The number of benzene rings is 3. The number of rotatable bonds is 7. The van der Waals surface area contributed by atoms with Gasteiger partial charge in [-0.05, 0) is 53.9 Å². The van der Waals surface area contributed by atoms with Gasteiger partial charge in [0.05, 0.1) is 26.8 Å². The molecule has 2 unspecified atom stereocenters. The number of hydrogen-bond donors (Lipinski definition) is 3. The largest absolute Gasteiger partial charge is 0.480 e. The first-order valence-corrected chi connectivity index (χ1v) is 15.3. The van der Waals surface area contributed by atoms with Gasteiger partial charge in [0.15, 0.2) is 16.1 Å². The molecule has 13 heteroatoms. The molecule has 10 nitrogen and oxygen atoms in total. The van der Waals surface area contributed by atoms with E-state index >= 15 is 0 Å². The summed E-state index contributed by atoms with van der Waals surface area (Å²) >= 11 is 13.0. The second kappa shape index (κ2) is 11.4. The van der Waals surface area contributed by atoms with Gasteiger partial charge in [-0.15, -0.1) is 0 Å². The van der Waals surface area contributed by atoms with Crippen molar-refractivity contribution < 1.29 is 37.4 Å². The number of nitrogens with zero attached hydrogens (tertiary/aromatic N) is 1. The van der Waals surface area contributed by atoms with Crippen LogP contribution in [0.2, 0.25) is 10.0 Å². The zero-order valence-electron chi connectivity index (χ0n) is 22.0. The summed E-state index contributed by atoms with van der Waals surface area (Å²) in [5, 5.41) is 23.9. The SMILES string of the molecule is CS(=O)(=O)c1cccc(CC(NC(=O)c2c(Cl)cc3c(c2Cl)CCN(C(=O)c2ccc4ccoc4c2)C3O)C(=O)O)c1. The molecule has 0 saturated heterocycles. The fraction of sp³-hybridized carbons (Fsp3) is 0.207. The maximum atomic E-state index is 13.3. The summed E-state index contributed by atoms with van der Waals surface area (Å²) in [5.74, 6) is -2.65. The van der Waals surface area contributed by atoms with Gasteiger partial charge in [-0.2, -0.15) is 0 Å². The monoisotopic (exact) mass is 630 g/mol. The number of carboxylic acid groups (broad SMARTS) is 1. The summed E-state index contributed by atoms with van der Waals surface area (Å²) in [6.45, 7) is 0.0834. The van der Waals surface area contributed by atoms with E-state index < -0.39 is 39.9 Å². The van der Waals surface area contributed by atoms with Gasteiger partial charge in [0.2, 0.25) is 0 Å². The minimum atomic E-state index is -3.52. The molecule has 218 valence electrons. The average molecular weight is 631 g/mol. The van der Waals surface area contributed by atoms with Crippen molar-refractivity contribution in [3.63, 3.8) is 0 Å². The first-order chi connectivity index (χ1) is 19.8. The van der Waals surface area contributed by atoms with Gasteiger partial charge in [0, 0.05) is 35.7 Å². The van der Waals surface area contributed by atoms with Gasteiger partial charge in [-0.3, -0.25) is 9.59 Å². The van der Waals surface area contributed by atoms with Crippen LogP contribution in [0.15, 0.2) is 70.2 Å². The molecule has 5 rings (SSSR count). The smallest absolute Gasteiger partial charge is 0.326 e. The normalized spacial score (nSPS) is 15.7. The van der Waals surface area contributed by atoms with Crippen LogP contribution in [0.25, 0.3) is 11.0 Å². The van der Waals surface area contributed by atoms with Crippen LogP contribution in [-0.2, 0) is 27.5 Å². The third-order valence-corrected chi connectivity index (χ3v) is 8.92. The quantitative estimate of drug-likeness (QED) is 0.274. The van der Waals surface area contributed by atoms with Crippen molar-refractivity contribution >= 4 is 61.8 Å². The molecule has 2 heterocycles. The molecule has 3 aromatic carbocycles. The van der Waals surface area contributed by atoms with E-state index in [1.807, 2.05) is 0 Å². The van der Waals surface area contributed by atoms with Crippen LogP contribution in [0, 0.1) is 0 Å². The van der Waals surface area contributed by atoms with E-state index in [2.05, 4.69) is 5.32 Å². The second-order valence-electron chi connectivity index (χ2n) is 9.90. The number of aliphatic carboxylic acids is 1. The number of fused-ring (bicyclic) bond motifs is 2. The standard InChI is InChI=1S/C29H24Cl2N2O8S/c1-42(39,40)18-4-2-3-15(11-18)12-22(29(37)38)32-26(34)24-21(30)14-20-19(25(24)31)7-9-33(28(20)36)27(35)17-6-5-16-8-10-41-23(16)13-17/h2-6,8,10-11,13-14,22,28,36H,7,9,12H2,1H3,(H,32,34)(H,37,38). The molecule has 2 atom stereocenters. The minimum Gasteiger partial charge on any atom is -0.480 e. The number of nitrogens with one attached hydrogen (secondary N) is 1. The summed E-state index contributed by atoms with van der Waals surface area (Å²) in [6, 6.07) is 12.4. The van der Waals surface area contributed by atoms with Crippen LogP contribution in [0.4, 0.5) is 0 Å². The van der Waals surface area contributed by atoms with Gasteiger partial charge >= 0.3 is 5.97 Å². The lowest BCUT2D eigenvalue weighted by Gasteiger charge is -2.35. The zero-order valence-corrected chi connectivity index (χ0v) is 24.3. The van der Waals surface area contributed by atoms with Gasteiger partial charge in [0.1, 0.15) is 11.6 Å². The zero-order chi connectivity index (χ0) is 30.3. The number of carbonyl (C=O) groups is 3. The molecule has 4 aromatic rings. The first kappa shape index (κ1) is 29.6. The Morgan fingerprint density at radius 2 is 1.88 bits per heavy atom. The van der Waals surface area contributed by atoms with Gasteiger partial charge in [0.25, 0.3) is 11.8 Å². The number of aliphatic hydroxyl groups is 1. The second-order valence-corrected chi connectivity index (χ2v) is 12.7. The molecular weight excluding hydrogens is 607 g/mol. The van der Waals surface area contributed by atoms with Crippen molar-refractivity contribution in [3.05, 3.63) is 98.7 Å². The van der Waals surface area contributed by atoms with Crippen LogP contribution in [0.3, 0.4) is 0 Å². The van der Waals surface area contributed by atoms with E-state index in [4.69, 9.17) is 27.6 Å². The fourth-order valence-electron chi connectivity index (χ4n) is 4.93. The Morgan fingerprint density at radius 3 is 2.60 bits per heavy atom. The fourth-order valence-corrected chi connectivity index (χ4v) is 6.36. The Morgan fingerprint density at radius 1 is 1.12 bits per heavy atom. The van der Waals surface area contributed by atoms with Crippen molar-refractivity contribution in [2.75, 3.05) is 12.8 Å². The maximum absolute atomic E-state index is 13.3. The number of aliphatic hydroxyl groups excluding tert-OH is 1. The number of halogens is 2. The highest BCUT2D eigenvalue weighted by Crippen LogP contribution is 2.39. The molecular formula is C29H24Cl2N2O8S. The molecule has 1 aliphatic rings. The Hall–Kier alpha value is -3.90. The highest BCUT2D eigenvalue weighted by molar-refractivity contribution is 7.90. The third-order valence-electron chi connectivity index (χ3n) is 7.09. The van der Waals surface area contributed by atoms with Gasteiger partial charge in [-0.25, -0.2) is 13.2 Å². The van der Waals surface area contributed by atoms with Gasteiger partial charge < -0.3 is 24.8 Å². The number of furan rings is 1. The van der Waals surface area contributed by atoms with E-state index in [0.29, 0.717) is 22.3 Å². The van der Waals surface area contributed by atoms with E-state index in [1.54, 1.807) is 30.3 Å². The summed E-state index contributed by atoms with van der Waals surface area (Å²) in [4.78, 5) is 39.8. The van der Waals surface area contributed by atoms with E-state index in [1.165, 1.54) is 35.4 Å². The van der Waals surface area contributed by atoms with Crippen LogP contribution in [-0.4, -0.2) is 60.2 Å². The van der Waals surface area contributed by atoms with E-state index in [-0.39, 0.29) is 45.5 Å². The highest BCUT2D eigenvalue weighted by atomic mass is 35.5. The van der Waals surface area contributed by atoms with Crippen molar-refractivity contribution in [1.82, 2.24) is 10.2 Å². The predicted octanol–water partition coefficient (Wildman–Crippen LogP) is 4.26. The number of carbonyl (C=O) groups excluding carboxylic acids is 2. The van der Waals surface area contributed by atoms with Crippen LogP contribution >= 0.6 is 23.2 Å². The van der Waals surface area contributed by atoms with Crippen molar-refractivity contribution in [2.45, 2.75) is 30.0 Å². The number of hydrogen-bond acceptors (Lipinski definition) is 7. The Labute approximate surface area is 250 Å². The Balaban J connectivity index is 1.38. The molecule has 0 bridgehead atoms. The molecule has 2 amide bonds. The number of sulfone groups is 1. The number of carboxylic acids is 1. The summed E-state index contributed by atoms with van der Waals surface area (Å²) in [5.41, 5.74) is 1.69. The van der Waals surface area contributed by atoms with Crippen LogP contribution < -0.4 is 5.32 Å². The summed E-state index contributed by atoms with van der Waals surface area (Å²) in [6.07, 6.45) is 1.13. The van der Waals surface area contributed by atoms with Gasteiger partial charge in [-0.1, -0.05) is 41.4 Å². The molecule has 0 aliphatic carbocycles. The molecule has 3 N–H and O–H groups in total. The lowest BCUT2D eigenvalue weighted by molar-refractivity contribution is -0.139. The highest BCUT2D eigenvalue weighted by Gasteiger charge is 2.34. The van der Waals surface area contributed by atoms with E-state index in [0.717, 1.165) is 11.6 Å². The molecule has 0 spiro atoms. The number of amides is 2. The van der Waals surface area contributed by atoms with Crippen molar-refractivity contribution in [3.8, 4) is 0 Å². The minimum absolute atomic E-state index is 0.0174. The molecule has 1 aliphatic heterocycles. The molecule has 0 fully saturated rings. The molecule has 0 saturated carbocycles. The Bertz CT molecular complexity index is 1850. The summed E-state index contributed by atoms with van der Waals surface area (Å²) in [7, 11) is -3.52. The maximum Gasteiger partial charge on any atom is 0.326 e. The average Bonchev–Trinajstić information content (AvgIpc) is 3.41. The van der Waals surface area contributed by atoms with E-state index in [9.17, 15) is 33.0 Å². The molecule has 42 heavy (non-hydrogen) atoms. The molecule has 0 radical (unpaired) electrons. The topological polar surface area (TPSA) is 154 Å². The van der Waals surface area contributed by atoms with Crippen LogP contribution in [0.1, 0.15) is 43.6 Å². The van der Waals surface area contributed by atoms with Crippen LogP contribution in [0.5, 0.6) is 0 Å². The molecule has 1 aromatic heterocycles. The first-order valence-electron chi connectivity index (χ1n) is 12.6. The van der Waals surface area contributed by atoms with Crippen molar-refractivity contribution in [2.24, 2.45) is 0 Å². The Kier molecular flexibility index (Phi) is 8.04. The summed E-state index contributed by atoms with van der Waals surface area (Å²) < 4.78 is 29.2.